The van der Waals surface area contributed by atoms with Gasteiger partial charge in [0.2, 0.25) is 41.4 Å². The molecule has 1 saturated heterocycles. The van der Waals surface area contributed by atoms with Crippen LogP contribution in [0.1, 0.15) is 112 Å². The number of ether oxygens (including phenoxy) is 3. The number of anilines is 1. The van der Waals surface area contributed by atoms with Gasteiger partial charge < -0.3 is 66.8 Å². The van der Waals surface area contributed by atoms with Crippen LogP contribution < -0.4 is 48.8 Å². The van der Waals surface area contributed by atoms with Crippen molar-refractivity contribution < 1.29 is 67.3 Å². The molecule has 0 spiro atoms. The number of urea groups is 1. The second-order valence-corrected chi connectivity index (χ2v) is 27.4. The van der Waals surface area contributed by atoms with Crippen molar-refractivity contribution in [1.29, 1.82) is 0 Å². The van der Waals surface area contributed by atoms with E-state index in [-0.39, 0.29) is 72.7 Å². The summed E-state index contributed by atoms with van der Waals surface area (Å²) < 4.78 is 20.0. The lowest BCUT2D eigenvalue weighted by Gasteiger charge is -2.41. The molecule has 0 radical (unpaired) electrons. The maximum absolute atomic E-state index is 14.8. The predicted octanol–water partition coefficient (Wildman–Crippen LogP) is 4.34. The summed E-state index contributed by atoms with van der Waals surface area (Å²) in [6, 6.07) is 7.53. The highest BCUT2D eigenvalue weighted by Gasteiger charge is 2.45. The number of nitrogens with zero attached hydrogens (tertiary/aromatic N) is 5. The molecular weight excluding hydrogens is 1380 g/mol. The number of methoxy groups -OCH3 is 2. The lowest BCUT2D eigenvalue weighted by atomic mass is 9.89. The van der Waals surface area contributed by atoms with Crippen LogP contribution in [0.5, 0.6) is 0 Å². The molecule has 0 aliphatic carbocycles. The van der Waals surface area contributed by atoms with Crippen molar-refractivity contribution in [2.45, 2.75) is 181 Å². The molecule has 10 amide bonds. The van der Waals surface area contributed by atoms with E-state index < -0.39 is 149 Å². The van der Waals surface area contributed by atoms with Crippen LogP contribution in [0.25, 0.3) is 0 Å². The van der Waals surface area contributed by atoms with E-state index in [2.05, 4.69) is 63.8 Å². The maximum atomic E-state index is 14.8. The summed E-state index contributed by atoms with van der Waals surface area (Å²) >= 11 is 6.23. The van der Waals surface area contributed by atoms with Crippen molar-refractivity contribution in [1.82, 2.24) is 50.6 Å². The van der Waals surface area contributed by atoms with Gasteiger partial charge in [0.25, 0.3) is 11.1 Å². The molecule has 9 N–H and O–H groups in total. The number of carbonyl (C=O) groups is 10. The molecular formula is C66H96Br2N12O16. The quantitative estimate of drug-likeness (QED) is 0.0385. The van der Waals surface area contributed by atoms with Gasteiger partial charge in [0.05, 0.1) is 55.6 Å². The fourth-order valence-corrected chi connectivity index (χ4v) is 13.1. The van der Waals surface area contributed by atoms with Crippen molar-refractivity contribution >= 4 is 97.0 Å². The van der Waals surface area contributed by atoms with Crippen molar-refractivity contribution in [3.05, 3.63) is 95.4 Å². The number of primary amides is 1. The predicted molar refractivity (Wildman–Crippen MR) is 364 cm³/mol. The first-order chi connectivity index (χ1) is 45.3. The Hall–Kier alpha value is -7.70. The largest absolute Gasteiger partial charge is 0.480 e. The van der Waals surface area contributed by atoms with Crippen LogP contribution in [0.15, 0.2) is 73.1 Å². The summed E-state index contributed by atoms with van der Waals surface area (Å²) in [4.78, 5) is 167. The molecule has 2 aromatic carbocycles. The smallest absolute Gasteiger partial charge is 0.410 e. The van der Waals surface area contributed by atoms with Crippen LogP contribution >= 0.6 is 31.9 Å². The number of likely N-dealkylation sites (tertiary alicyclic amines) is 1. The van der Waals surface area contributed by atoms with Gasteiger partial charge in [-0.25, -0.2) is 23.7 Å². The van der Waals surface area contributed by atoms with Crippen LogP contribution in [0, 0.1) is 35.5 Å². The summed E-state index contributed by atoms with van der Waals surface area (Å²) in [5, 5.41) is 26.3. The molecule has 1 aromatic heterocycles. The van der Waals surface area contributed by atoms with Gasteiger partial charge in [0.1, 0.15) is 45.8 Å². The van der Waals surface area contributed by atoms with Gasteiger partial charge in [-0.15, -0.1) is 0 Å². The Balaban J connectivity index is 1.20. The van der Waals surface area contributed by atoms with E-state index >= 15 is 0 Å². The first-order valence-corrected chi connectivity index (χ1v) is 34.0. The summed E-state index contributed by atoms with van der Waals surface area (Å²) in [7, 11) is 5.94. The summed E-state index contributed by atoms with van der Waals surface area (Å²) in [5.41, 5.74) is 5.75. The minimum atomic E-state index is -1.20. The van der Waals surface area contributed by atoms with Gasteiger partial charge in [-0.05, 0) is 104 Å². The molecule has 530 valence electrons. The Morgan fingerprint density at radius 2 is 1.30 bits per heavy atom. The number of aromatic nitrogens is 2. The summed E-state index contributed by atoms with van der Waals surface area (Å²) in [6.45, 7) is 15.9. The van der Waals surface area contributed by atoms with Gasteiger partial charge in [-0.2, -0.15) is 0 Å². The third-order valence-electron chi connectivity index (χ3n) is 17.9. The standard InChI is InChI=1S/C66H96Br2N12O16/c1-14-38(8)54(47(94-12)31-48(81)78-29-19-23-46(78)55(95-13)39(9)56(82)73-45(64(90)91)30-40-20-16-15-17-21-40)76(10)63(89)52(36(4)5)75-60(86)53(37(6)7)77(11)66(93)96-34-41-24-26-43(27-25-41)71-58(84)44(22-18-28-70-65(69)92)72-59(85)51(35(2)3)74-57(83)42-32-79-61(87)49(67)50(68)62(88)80(79)33-42/h15-17,20-21,24-27,35-39,42,44-47,51-55H,14,18-19,22-23,28-34H2,1-13H3,(H,71,84)(H,72,85)(H,73,82)(H,74,83)(H,75,86)(H,90,91)(H3,69,70,92)/t38-,39+,44-,45-,46-,47+,51-,52-,53-,54-,55+/m0/s1. The highest BCUT2D eigenvalue weighted by molar-refractivity contribution is 9.13. The average Bonchev–Trinajstić information content (AvgIpc) is 1.54. The first kappa shape index (κ1) is 79.0. The highest BCUT2D eigenvalue weighted by atomic mass is 79.9. The number of fused-ring (bicyclic) bond motifs is 1. The molecule has 3 aromatic rings. The van der Waals surface area contributed by atoms with Crippen LogP contribution in [-0.4, -0.2) is 185 Å². The molecule has 0 bridgehead atoms. The Morgan fingerprint density at radius 3 is 1.83 bits per heavy atom. The molecule has 5 rings (SSSR count). The van der Waals surface area contributed by atoms with Crippen LogP contribution in [0.2, 0.25) is 0 Å². The zero-order valence-electron chi connectivity index (χ0n) is 57.0. The summed E-state index contributed by atoms with van der Waals surface area (Å²) in [6.07, 6.45) is -0.544. The van der Waals surface area contributed by atoms with E-state index in [1.54, 1.807) is 109 Å². The Bertz CT molecular complexity index is 3310. The number of carboxylic acid groups (broad SMARTS) is 1. The lowest BCUT2D eigenvalue weighted by Crippen LogP contribution is -2.60. The number of nitrogens with one attached hydrogen (secondary N) is 6. The van der Waals surface area contributed by atoms with E-state index in [9.17, 15) is 62.6 Å². The van der Waals surface area contributed by atoms with E-state index in [1.165, 1.54) is 26.2 Å². The second kappa shape index (κ2) is 36.6. The monoisotopic (exact) mass is 1470 g/mol. The molecule has 28 nitrogen and oxygen atoms in total. The zero-order valence-corrected chi connectivity index (χ0v) is 60.2. The Labute approximate surface area is 576 Å². The number of nitrogens with two attached hydrogens (primary N) is 1. The highest BCUT2D eigenvalue weighted by Crippen LogP contribution is 2.31. The van der Waals surface area contributed by atoms with Crippen molar-refractivity contribution in [2.24, 2.45) is 41.2 Å². The lowest BCUT2D eigenvalue weighted by molar-refractivity contribution is -0.148. The molecule has 2 aliphatic heterocycles. The molecule has 30 heteroatoms. The van der Waals surface area contributed by atoms with Gasteiger partial charge in [-0.3, -0.25) is 48.1 Å². The number of benzene rings is 2. The topological polar surface area (TPSA) is 371 Å². The molecule has 96 heavy (non-hydrogen) atoms. The van der Waals surface area contributed by atoms with Gasteiger partial charge in [-0.1, -0.05) is 111 Å². The van der Waals surface area contributed by atoms with Gasteiger partial charge in [0.15, 0.2) is 0 Å². The SMILES string of the molecule is CC[C@H](C)[C@@H]([C@@H](CC(=O)N1CCC[C@H]1[C@H](OC)[C@@H](C)C(=O)N[C@@H](Cc1ccccc1)C(=O)O)OC)N(C)C(=O)[C@@H](NC(=O)[C@H](C(C)C)N(C)C(=O)OCc1ccc(NC(=O)[C@H](CCCNC(N)=O)NC(=O)[C@@H](NC(=O)C2Cn3c(=O)c(Br)c(Br)c(=O)n3C2)C(C)C)cc1)C(C)C. The number of aliphatic carboxylic acids is 1. The van der Waals surface area contributed by atoms with E-state index in [4.69, 9.17) is 19.9 Å². The van der Waals surface area contributed by atoms with Crippen molar-refractivity contribution in [3.63, 3.8) is 0 Å². The van der Waals surface area contributed by atoms with Crippen molar-refractivity contribution in [2.75, 3.05) is 46.7 Å². The number of carboxylic acids is 1. The normalized spacial score (nSPS) is 16.9. The van der Waals surface area contributed by atoms with E-state index in [0.29, 0.717) is 37.1 Å². The van der Waals surface area contributed by atoms with Gasteiger partial charge in [0, 0.05) is 53.5 Å². The average molecular weight is 1470 g/mol. The van der Waals surface area contributed by atoms with Crippen LogP contribution in [0.4, 0.5) is 15.3 Å². The maximum Gasteiger partial charge on any atom is 0.410 e. The third kappa shape index (κ3) is 20.7. The molecule has 1 fully saturated rings. The second-order valence-electron chi connectivity index (χ2n) is 25.8. The number of amides is 10. The minimum Gasteiger partial charge on any atom is -0.480 e. The third-order valence-corrected chi connectivity index (χ3v) is 19.9. The van der Waals surface area contributed by atoms with Gasteiger partial charge >= 0.3 is 18.1 Å². The fourth-order valence-electron chi connectivity index (χ4n) is 12.3. The summed E-state index contributed by atoms with van der Waals surface area (Å²) in [5.74, 6) is -8.33. The number of halogens is 2. The van der Waals surface area contributed by atoms with Crippen molar-refractivity contribution in [3.8, 4) is 0 Å². The number of carbonyl (C=O) groups excluding carboxylic acids is 9. The van der Waals surface area contributed by atoms with Crippen LogP contribution in [-0.2, 0) is 78.7 Å². The number of hydrogen-bond donors (Lipinski definition) is 8. The van der Waals surface area contributed by atoms with E-state index in [0.717, 1.165) is 19.8 Å². The zero-order chi connectivity index (χ0) is 71.6. The minimum absolute atomic E-state index is 0.0150. The Morgan fingerprint density at radius 1 is 0.708 bits per heavy atom. The van der Waals surface area contributed by atoms with Crippen LogP contribution in [0.3, 0.4) is 0 Å². The number of rotatable bonds is 34. The molecule has 3 heterocycles. The number of hydrogen-bond acceptors (Lipinski definition) is 15. The molecule has 2 aliphatic rings. The molecule has 0 saturated carbocycles. The van der Waals surface area contributed by atoms with E-state index in [1.807, 2.05) is 19.9 Å². The fraction of sp³-hybridized carbons (Fsp3) is 0.606. The number of likely N-dealkylation sites (N-methyl/N-ethyl adjacent to an activating group) is 2. The Kier molecular flexibility index (Phi) is 30.1. The molecule has 11 atom stereocenters. The molecule has 0 unspecified atom stereocenters. The first-order valence-electron chi connectivity index (χ1n) is 32.4.